The monoisotopic (exact) mass is 366 g/mol. The molecule has 0 fully saturated rings. The van der Waals surface area contributed by atoms with Crippen LogP contribution in [0, 0.1) is 6.92 Å². The summed E-state index contributed by atoms with van der Waals surface area (Å²) in [5.74, 6) is 1.75. The molecule has 1 amide bonds. The molecular formula is C21H26N4O2. The number of unbranched alkanes of at least 4 members (excludes halogenated alkanes) is 1. The number of carbonyl (C=O) groups excluding carboxylic acids is 1. The first-order valence-corrected chi connectivity index (χ1v) is 9.29. The van der Waals surface area contributed by atoms with Crippen LogP contribution in [0.4, 0.5) is 5.69 Å². The van der Waals surface area contributed by atoms with Gasteiger partial charge in [0.15, 0.2) is 5.65 Å². The van der Waals surface area contributed by atoms with Crippen LogP contribution in [0.5, 0.6) is 5.75 Å². The largest absolute Gasteiger partial charge is 0.496 e. The summed E-state index contributed by atoms with van der Waals surface area (Å²) in [5, 5.41) is 2.83. The number of aromatic nitrogens is 3. The van der Waals surface area contributed by atoms with E-state index in [-0.39, 0.29) is 5.91 Å². The highest BCUT2D eigenvalue weighted by molar-refractivity contribution is 5.91. The number of ether oxygens (including phenoxy) is 1. The number of nitrogens with zero attached hydrogens (tertiary/aromatic N) is 3. The van der Waals surface area contributed by atoms with E-state index in [9.17, 15) is 4.79 Å². The number of methoxy groups -OCH3 is 1. The van der Waals surface area contributed by atoms with Crippen LogP contribution in [0.3, 0.4) is 0 Å². The molecule has 0 aliphatic heterocycles. The fraction of sp³-hybridized carbons (Fsp3) is 0.381. The number of hydrogen-bond acceptors (Lipinski definition) is 4. The van der Waals surface area contributed by atoms with Crippen molar-refractivity contribution in [1.29, 1.82) is 0 Å². The lowest BCUT2D eigenvalue weighted by atomic mass is 10.2. The number of nitrogens with one attached hydrogen (secondary N) is 1. The van der Waals surface area contributed by atoms with Crippen molar-refractivity contribution in [3.05, 3.63) is 47.4 Å². The molecule has 2 aromatic heterocycles. The van der Waals surface area contributed by atoms with E-state index in [1.54, 1.807) is 7.11 Å². The molecule has 3 rings (SSSR count). The van der Waals surface area contributed by atoms with Gasteiger partial charge in [0.2, 0.25) is 5.91 Å². The number of aryl methyl sites for hydroxylation is 2. The molecule has 0 atom stereocenters. The molecule has 0 aliphatic carbocycles. The van der Waals surface area contributed by atoms with Crippen LogP contribution in [-0.2, 0) is 17.8 Å². The summed E-state index contributed by atoms with van der Waals surface area (Å²) in [6.45, 7) is 6.21. The number of hydrogen-bond donors (Lipinski definition) is 1. The molecule has 0 aliphatic rings. The molecule has 6 heteroatoms. The Balaban J connectivity index is 2.10. The number of carbonyl (C=O) groups is 1. The second-order valence-electron chi connectivity index (χ2n) is 6.67. The summed E-state index contributed by atoms with van der Waals surface area (Å²) >= 11 is 0. The van der Waals surface area contributed by atoms with Crippen LogP contribution in [0.25, 0.3) is 11.2 Å². The molecule has 3 aromatic rings. The number of para-hydroxylation sites is 1. The summed E-state index contributed by atoms with van der Waals surface area (Å²) in [6, 6.07) is 9.92. The van der Waals surface area contributed by atoms with Crippen molar-refractivity contribution >= 4 is 22.8 Å². The fourth-order valence-corrected chi connectivity index (χ4v) is 3.20. The third kappa shape index (κ3) is 4.10. The molecule has 0 spiro atoms. The Morgan fingerprint density at radius 1 is 1.26 bits per heavy atom. The number of amides is 1. The molecule has 142 valence electrons. The van der Waals surface area contributed by atoms with Crippen LogP contribution in [0.1, 0.15) is 43.8 Å². The Morgan fingerprint density at radius 3 is 2.74 bits per heavy atom. The first kappa shape index (κ1) is 18.9. The Kier molecular flexibility index (Phi) is 5.74. The normalized spacial score (nSPS) is 11.0. The highest BCUT2D eigenvalue weighted by atomic mass is 16.5. The van der Waals surface area contributed by atoms with E-state index in [0.29, 0.717) is 12.2 Å². The summed E-state index contributed by atoms with van der Waals surface area (Å²) < 4.78 is 7.67. The van der Waals surface area contributed by atoms with Crippen molar-refractivity contribution in [1.82, 2.24) is 14.5 Å². The van der Waals surface area contributed by atoms with Gasteiger partial charge < -0.3 is 14.6 Å². The number of pyridine rings is 1. The predicted molar refractivity (Wildman–Crippen MR) is 107 cm³/mol. The van der Waals surface area contributed by atoms with Gasteiger partial charge in [-0.1, -0.05) is 31.5 Å². The Morgan fingerprint density at radius 2 is 2.04 bits per heavy atom. The lowest BCUT2D eigenvalue weighted by Crippen LogP contribution is -2.09. The van der Waals surface area contributed by atoms with Gasteiger partial charge in [-0.15, -0.1) is 0 Å². The van der Waals surface area contributed by atoms with Gasteiger partial charge in [-0.05, 0) is 25.5 Å². The first-order valence-electron chi connectivity index (χ1n) is 9.29. The fourth-order valence-electron chi connectivity index (χ4n) is 3.20. The Labute approximate surface area is 159 Å². The lowest BCUT2D eigenvalue weighted by molar-refractivity contribution is -0.114. The van der Waals surface area contributed by atoms with Crippen LogP contribution >= 0.6 is 0 Å². The van der Waals surface area contributed by atoms with Crippen molar-refractivity contribution < 1.29 is 9.53 Å². The minimum absolute atomic E-state index is 0.112. The van der Waals surface area contributed by atoms with Crippen molar-refractivity contribution in [2.24, 2.45) is 0 Å². The molecule has 6 nitrogen and oxygen atoms in total. The zero-order valence-corrected chi connectivity index (χ0v) is 16.4. The SMILES string of the molecule is CCCCc1nc2cc(NC(C)=O)c(C)nc2n1Cc1ccccc1OC. The van der Waals surface area contributed by atoms with E-state index < -0.39 is 0 Å². The van der Waals surface area contributed by atoms with Gasteiger partial charge in [-0.25, -0.2) is 9.97 Å². The van der Waals surface area contributed by atoms with Crippen molar-refractivity contribution in [2.75, 3.05) is 12.4 Å². The van der Waals surface area contributed by atoms with Crippen LogP contribution in [-0.4, -0.2) is 27.6 Å². The van der Waals surface area contributed by atoms with Gasteiger partial charge in [0.25, 0.3) is 0 Å². The summed E-state index contributed by atoms with van der Waals surface area (Å²) in [7, 11) is 1.69. The number of fused-ring (bicyclic) bond motifs is 1. The van der Waals surface area contributed by atoms with E-state index >= 15 is 0 Å². The van der Waals surface area contributed by atoms with Crippen LogP contribution in [0.2, 0.25) is 0 Å². The molecule has 27 heavy (non-hydrogen) atoms. The van der Waals surface area contributed by atoms with Crippen LogP contribution < -0.4 is 10.1 Å². The van der Waals surface area contributed by atoms with Crippen molar-refractivity contribution in [3.63, 3.8) is 0 Å². The molecule has 2 heterocycles. The lowest BCUT2D eigenvalue weighted by Gasteiger charge is -2.12. The third-order valence-corrected chi connectivity index (χ3v) is 4.58. The van der Waals surface area contributed by atoms with E-state index in [1.165, 1.54) is 6.92 Å². The number of imidazole rings is 1. The second kappa shape index (κ2) is 8.20. The van der Waals surface area contributed by atoms with E-state index in [4.69, 9.17) is 14.7 Å². The summed E-state index contributed by atoms with van der Waals surface area (Å²) in [6.07, 6.45) is 3.05. The van der Waals surface area contributed by atoms with E-state index in [2.05, 4.69) is 22.9 Å². The molecule has 0 radical (unpaired) electrons. The molecule has 0 unspecified atom stereocenters. The van der Waals surface area contributed by atoms with Gasteiger partial charge >= 0.3 is 0 Å². The highest BCUT2D eigenvalue weighted by Crippen LogP contribution is 2.26. The number of anilines is 1. The number of rotatable bonds is 7. The molecule has 0 saturated carbocycles. The van der Waals surface area contributed by atoms with Gasteiger partial charge in [0.05, 0.1) is 25.0 Å². The minimum Gasteiger partial charge on any atom is -0.496 e. The van der Waals surface area contributed by atoms with E-state index in [0.717, 1.165) is 53.3 Å². The maximum Gasteiger partial charge on any atom is 0.221 e. The molecule has 0 bridgehead atoms. The zero-order valence-electron chi connectivity index (χ0n) is 16.4. The topological polar surface area (TPSA) is 69.0 Å². The van der Waals surface area contributed by atoms with Gasteiger partial charge in [0, 0.05) is 18.9 Å². The average molecular weight is 366 g/mol. The average Bonchev–Trinajstić information content (AvgIpc) is 2.97. The maximum atomic E-state index is 11.4. The van der Waals surface area contributed by atoms with Gasteiger partial charge in [0.1, 0.15) is 17.1 Å². The predicted octanol–water partition coefficient (Wildman–Crippen LogP) is 4.10. The van der Waals surface area contributed by atoms with E-state index in [1.807, 2.05) is 31.2 Å². The van der Waals surface area contributed by atoms with Gasteiger partial charge in [-0.3, -0.25) is 4.79 Å². The maximum absolute atomic E-state index is 11.4. The Bertz CT molecular complexity index is 962. The molecular weight excluding hydrogens is 340 g/mol. The molecule has 1 N–H and O–H groups in total. The molecule has 0 saturated heterocycles. The second-order valence-corrected chi connectivity index (χ2v) is 6.67. The zero-order chi connectivity index (χ0) is 19.4. The standard InChI is InChI=1S/C21H26N4O2/c1-5-6-11-20-24-18-12-17(23-15(3)26)14(2)22-21(18)25(20)13-16-9-7-8-10-19(16)27-4/h7-10,12H,5-6,11,13H2,1-4H3,(H,23,26). The molecule has 1 aromatic carbocycles. The smallest absolute Gasteiger partial charge is 0.221 e. The van der Waals surface area contributed by atoms with Crippen LogP contribution in [0.15, 0.2) is 30.3 Å². The third-order valence-electron chi connectivity index (χ3n) is 4.58. The summed E-state index contributed by atoms with van der Waals surface area (Å²) in [5.41, 5.74) is 4.20. The van der Waals surface area contributed by atoms with Crippen molar-refractivity contribution in [3.8, 4) is 5.75 Å². The van der Waals surface area contributed by atoms with Crippen molar-refractivity contribution in [2.45, 2.75) is 46.6 Å². The first-order chi connectivity index (χ1) is 13.0. The number of benzene rings is 1. The minimum atomic E-state index is -0.112. The highest BCUT2D eigenvalue weighted by Gasteiger charge is 2.16. The van der Waals surface area contributed by atoms with Gasteiger partial charge in [-0.2, -0.15) is 0 Å². The Hall–Kier alpha value is -2.89. The summed E-state index contributed by atoms with van der Waals surface area (Å²) in [4.78, 5) is 21.0. The quantitative estimate of drug-likeness (QED) is 0.683.